The minimum absolute atomic E-state index is 0.00765. The third-order valence-electron chi connectivity index (χ3n) is 3.88. The van der Waals surface area contributed by atoms with E-state index < -0.39 is 17.0 Å². The van der Waals surface area contributed by atoms with Gasteiger partial charge in [0.1, 0.15) is 12.4 Å². The maximum atomic E-state index is 13.7. The monoisotopic (exact) mass is 409 g/mol. The topological polar surface area (TPSA) is 86.8 Å². The van der Waals surface area contributed by atoms with E-state index in [0.717, 1.165) is 16.7 Å². The summed E-state index contributed by atoms with van der Waals surface area (Å²) in [6.45, 7) is 0.0493. The Labute approximate surface area is 163 Å². The van der Waals surface area contributed by atoms with Gasteiger partial charge in [0, 0.05) is 18.7 Å². The van der Waals surface area contributed by atoms with Crippen molar-refractivity contribution in [2.45, 2.75) is 0 Å². The van der Waals surface area contributed by atoms with Crippen LogP contribution in [-0.4, -0.2) is 64.0 Å². The Morgan fingerprint density at radius 2 is 2.04 bits per heavy atom. The number of hydrogen-bond donors (Lipinski definition) is 1. The minimum Gasteiger partial charge on any atom is -0.353 e. The van der Waals surface area contributed by atoms with Crippen LogP contribution in [0.3, 0.4) is 0 Å². The Morgan fingerprint density at radius 1 is 1.26 bits per heavy atom. The lowest BCUT2D eigenvalue weighted by Gasteiger charge is -2.16. The highest BCUT2D eigenvalue weighted by Crippen LogP contribution is 2.32. The molecule has 0 aromatic heterocycles. The van der Waals surface area contributed by atoms with Crippen LogP contribution < -0.4 is 5.32 Å². The lowest BCUT2D eigenvalue weighted by atomic mass is 10.2. The zero-order valence-electron chi connectivity index (χ0n) is 14.1. The molecule has 7 nitrogen and oxygen atoms in total. The van der Waals surface area contributed by atoms with E-state index in [4.69, 9.17) is 0 Å². The SMILES string of the molecule is O=C(CN1CSCC1=O)NCCN1C(=O)S/C(=C\c2ccccc2F)C1=O. The molecule has 27 heavy (non-hydrogen) atoms. The van der Waals surface area contributed by atoms with Crippen molar-refractivity contribution in [3.05, 3.63) is 40.6 Å². The van der Waals surface area contributed by atoms with E-state index in [1.807, 2.05) is 0 Å². The third kappa shape index (κ3) is 4.69. The first-order valence-electron chi connectivity index (χ1n) is 8.08. The molecule has 2 heterocycles. The van der Waals surface area contributed by atoms with Gasteiger partial charge in [0.05, 0.1) is 16.5 Å². The molecule has 1 aromatic carbocycles. The molecule has 2 fully saturated rings. The van der Waals surface area contributed by atoms with Gasteiger partial charge in [0.15, 0.2) is 0 Å². The number of hydrogen-bond acceptors (Lipinski definition) is 6. The number of carbonyl (C=O) groups excluding carboxylic acids is 4. The van der Waals surface area contributed by atoms with Crippen LogP contribution in [0.2, 0.25) is 0 Å². The summed E-state index contributed by atoms with van der Waals surface area (Å²) >= 11 is 2.18. The Hall–Kier alpha value is -2.33. The van der Waals surface area contributed by atoms with Gasteiger partial charge in [0.25, 0.3) is 11.1 Å². The molecule has 142 valence electrons. The number of nitrogens with zero attached hydrogens (tertiary/aromatic N) is 2. The first kappa shape index (κ1) is 19.4. The van der Waals surface area contributed by atoms with Crippen LogP contribution in [0, 0.1) is 5.82 Å². The van der Waals surface area contributed by atoms with Crippen LogP contribution in [0.5, 0.6) is 0 Å². The van der Waals surface area contributed by atoms with Gasteiger partial charge in [-0.3, -0.25) is 24.1 Å². The van der Waals surface area contributed by atoms with E-state index in [2.05, 4.69) is 5.32 Å². The maximum absolute atomic E-state index is 13.7. The molecular weight excluding hydrogens is 393 g/mol. The van der Waals surface area contributed by atoms with Crippen molar-refractivity contribution in [2.75, 3.05) is 31.3 Å². The molecule has 10 heteroatoms. The van der Waals surface area contributed by atoms with Gasteiger partial charge >= 0.3 is 0 Å². The Balaban J connectivity index is 1.52. The number of carbonyl (C=O) groups is 4. The normalized spacial score (nSPS) is 18.7. The Bertz CT molecular complexity index is 830. The zero-order chi connectivity index (χ0) is 19.4. The van der Waals surface area contributed by atoms with E-state index >= 15 is 0 Å². The van der Waals surface area contributed by atoms with Gasteiger partial charge in [-0.15, -0.1) is 11.8 Å². The molecule has 0 radical (unpaired) electrons. The number of thioether (sulfide) groups is 2. The van der Waals surface area contributed by atoms with Crippen LogP contribution in [0.25, 0.3) is 6.08 Å². The van der Waals surface area contributed by atoms with E-state index in [9.17, 15) is 23.6 Å². The lowest BCUT2D eigenvalue weighted by molar-refractivity contribution is -0.132. The van der Waals surface area contributed by atoms with Gasteiger partial charge in [-0.05, 0) is 23.9 Å². The van der Waals surface area contributed by atoms with Crippen molar-refractivity contribution in [3.63, 3.8) is 0 Å². The summed E-state index contributed by atoms with van der Waals surface area (Å²) in [4.78, 5) is 50.3. The molecule has 0 unspecified atom stereocenters. The predicted molar refractivity (Wildman–Crippen MR) is 101 cm³/mol. The number of amides is 4. The smallest absolute Gasteiger partial charge is 0.293 e. The third-order valence-corrected chi connectivity index (χ3v) is 5.74. The summed E-state index contributed by atoms with van der Waals surface area (Å²) in [5.74, 6) is -0.576. The Morgan fingerprint density at radius 3 is 2.74 bits per heavy atom. The van der Waals surface area contributed by atoms with Crippen LogP contribution in [0.4, 0.5) is 9.18 Å². The molecule has 0 bridgehead atoms. The maximum Gasteiger partial charge on any atom is 0.293 e. The second-order valence-electron chi connectivity index (χ2n) is 5.77. The number of halogens is 1. The Kier molecular flexibility index (Phi) is 6.17. The van der Waals surface area contributed by atoms with Crippen molar-refractivity contribution in [1.82, 2.24) is 15.1 Å². The molecule has 1 N–H and O–H groups in total. The van der Waals surface area contributed by atoms with Gasteiger partial charge in [-0.25, -0.2) is 4.39 Å². The molecular formula is C17H16FN3O4S2. The van der Waals surface area contributed by atoms with Crippen molar-refractivity contribution in [3.8, 4) is 0 Å². The van der Waals surface area contributed by atoms with E-state index in [1.165, 1.54) is 40.9 Å². The van der Waals surface area contributed by atoms with Crippen molar-refractivity contribution in [2.24, 2.45) is 0 Å². The minimum atomic E-state index is -0.520. The summed E-state index contributed by atoms with van der Waals surface area (Å²) in [6, 6.07) is 5.96. The summed E-state index contributed by atoms with van der Waals surface area (Å²) in [5.41, 5.74) is 0.226. The van der Waals surface area contributed by atoms with Crippen LogP contribution >= 0.6 is 23.5 Å². The molecule has 0 saturated carbocycles. The second kappa shape index (κ2) is 8.57. The van der Waals surface area contributed by atoms with E-state index in [1.54, 1.807) is 6.07 Å². The van der Waals surface area contributed by atoms with Crippen molar-refractivity contribution >= 4 is 52.6 Å². The molecule has 3 rings (SSSR count). The average Bonchev–Trinajstić information content (AvgIpc) is 3.14. The van der Waals surface area contributed by atoms with E-state index in [-0.39, 0.29) is 41.9 Å². The zero-order valence-corrected chi connectivity index (χ0v) is 15.8. The van der Waals surface area contributed by atoms with Crippen LogP contribution in [0.1, 0.15) is 5.56 Å². The van der Waals surface area contributed by atoms with Crippen LogP contribution in [-0.2, 0) is 14.4 Å². The van der Waals surface area contributed by atoms with Crippen molar-refractivity contribution in [1.29, 1.82) is 0 Å². The molecule has 2 saturated heterocycles. The molecule has 0 aliphatic carbocycles. The fourth-order valence-electron chi connectivity index (χ4n) is 2.50. The number of imide groups is 1. The van der Waals surface area contributed by atoms with Gasteiger partial charge < -0.3 is 10.2 Å². The van der Waals surface area contributed by atoms with E-state index in [0.29, 0.717) is 11.6 Å². The van der Waals surface area contributed by atoms with Gasteiger partial charge in [0.2, 0.25) is 11.8 Å². The number of nitrogens with one attached hydrogen (secondary N) is 1. The summed E-state index contributed by atoms with van der Waals surface area (Å²) in [7, 11) is 0. The standard InChI is InChI=1S/C17H16FN3O4S2/c18-12-4-2-1-3-11(12)7-13-16(24)21(17(25)27-13)6-5-19-14(22)8-20-10-26-9-15(20)23/h1-4,7H,5-6,8-10H2,(H,19,22)/b13-7-. The highest BCUT2D eigenvalue weighted by Gasteiger charge is 2.35. The number of benzene rings is 1. The molecule has 0 spiro atoms. The second-order valence-corrected chi connectivity index (χ2v) is 7.72. The fourth-order valence-corrected chi connectivity index (χ4v) is 4.26. The predicted octanol–water partition coefficient (Wildman–Crippen LogP) is 1.51. The summed E-state index contributed by atoms with van der Waals surface area (Å²) in [5, 5.41) is 2.13. The fraction of sp³-hybridized carbons (Fsp3) is 0.294. The average molecular weight is 409 g/mol. The molecule has 2 aliphatic heterocycles. The molecule has 0 atom stereocenters. The van der Waals surface area contributed by atoms with Crippen LogP contribution in [0.15, 0.2) is 29.2 Å². The molecule has 4 amide bonds. The largest absolute Gasteiger partial charge is 0.353 e. The summed E-state index contributed by atoms with van der Waals surface area (Å²) < 4.78 is 13.7. The molecule has 2 aliphatic rings. The molecule has 1 aromatic rings. The van der Waals surface area contributed by atoms with Gasteiger partial charge in [-0.2, -0.15) is 0 Å². The first-order valence-corrected chi connectivity index (χ1v) is 10.0. The van der Waals surface area contributed by atoms with Gasteiger partial charge in [-0.1, -0.05) is 18.2 Å². The summed E-state index contributed by atoms with van der Waals surface area (Å²) in [6.07, 6.45) is 1.34. The highest BCUT2D eigenvalue weighted by atomic mass is 32.2. The number of rotatable bonds is 6. The lowest BCUT2D eigenvalue weighted by Crippen LogP contribution is -2.42. The quantitative estimate of drug-likeness (QED) is 0.717. The highest BCUT2D eigenvalue weighted by molar-refractivity contribution is 8.18. The first-order chi connectivity index (χ1) is 13.0. The van der Waals surface area contributed by atoms with Crippen molar-refractivity contribution < 1.29 is 23.6 Å².